The van der Waals surface area contributed by atoms with Crippen molar-refractivity contribution in [2.75, 3.05) is 31.1 Å². The summed E-state index contributed by atoms with van der Waals surface area (Å²) < 4.78 is 0. The van der Waals surface area contributed by atoms with Gasteiger partial charge in [-0.05, 0) is 43.9 Å². The van der Waals surface area contributed by atoms with Gasteiger partial charge in [-0.2, -0.15) is 0 Å². The summed E-state index contributed by atoms with van der Waals surface area (Å²) in [6, 6.07) is 4.26. The SMILES string of the molecule is CCNC(=NCc1ccnc(N2CCCCCC2)c1)NCCc1ncc(CC)s1. The molecule has 2 N–H and O–H groups in total. The molecule has 0 bridgehead atoms. The highest BCUT2D eigenvalue weighted by atomic mass is 32.1. The Labute approximate surface area is 178 Å². The zero-order chi connectivity index (χ0) is 20.3. The lowest BCUT2D eigenvalue weighted by molar-refractivity contribution is 0.726. The normalized spacial score (nSPS) is 15.2. The Hall–Kier alpha value is -2.15. The van der Waals surface area contributed by atoms with Crippen LogP contribution in [0.3, 0.4) is 0 Å². The van der Waals surface area contributed by atoms with Gasteiger partial charge in [-0.25, -0.2) is 15.0 Å². The van der Waals surface area contributed by atoms with Crippen LogP contribution in [0.1, 0.15) is 55.0 Å². The van der Waals surface area contributed by atoms with Gasteiger partial charge >= 0.3 is 0 Å². The minimum atomic E-state index is 0.649. The third-order valence-electron chi connectivity index (χ3n) is 5.09. The van der Waals surface area contributed by atoms with Crippen molar-refractivity contribution >= 4 is 23.1 Å². The molecule has 1 saturated heterocycles. The summed E-state index contributed by atoms with van der Waals surface area (Å²) in [5.74, 6) is 1.95. The Bertz CT molecular complexity index is 764. The summed E-state index contributed by atoms with van der Waals surface area (Å²) in [4.78, 5) is 17.6. The fraction of sp³-hybridized carbons (Fsp3) is 0.591. The van der Waals surface area contributed by atoms with Crippen LogP contribution < -0.4 is 15.5 Å². The lowest BCUT2D eigenvalue weighted by Crippen LogP contribution is -2.38. The Kier molecular flexibility index (Phi) is 8.74. The molecule has 0 aromatic carbocycles. The number of hydrogen-bond donors (Lipinski definition) is 2. The van der Waals surface area contributed by atoms with Crippen molar-refractivity contribution in [1.82, 2.24) is 20.6 Å². The van der Waals surface area contributed by atoms with Crippen LogP contribution in [0.4, 0.5) is 5.82 Å². The number of nitrogens with one attached hydrogen (secondary N) is 2. The van der Waals surface area contributed by atoms with E-state index in [9.17, 15) is 0 Å². The number of aromatic nitrogens is 2. The van der Waals surface area contributed by atoms with E-state index in [-0.39, 0.29) is 0 Å². The molecule has 0 saturated carbocycles. The number of thiazole rings is 1. The standard InChI is InChI=1S/C22H34N6S/c1-3-19-17-26-21(29-19)10-12-25-22(23-4-2)27-16-18-9-11-24-20(15-18)28-13-7-5-6-8-14-28/h9,11,15,17H,3-8,10,12-14,16H2,1-2H3,(H2,23,25,27). The molecular formula is C22H34N6S. The summed E-state index contributed by atoms with van der Waals surface area (Å²) in [6.07, 6.45) is 11.1. The first-order valence-corrected chi connectivity index (χ1v) is 11.8. The predicted octanol–water partition coefficient (Wildman–Crippen LogP) is 3.78. The van der Waals surface area contributed by atoms with Crippen LogP contribution in [0.15, 0.2) is 29.5 Å². The third-order valence-corrected chi connectivity index (χ3v) is 6.29. The van der Waals surface area contributed by atoms with Gasteiger partial charge in [0, 0.05) is 49.9 Å². The summed E-state index contributed by atoms with van der Waals surface area (Å²) >= 11 is 1.80. The summed E-state index contributed by atoms with van der Waals surface area (Å²) in [5, 5.41) is 7.95. The molecule has 1 fully saturated rings. The van der Waals surface area contributed by atoms with Gasteiger partial charge in [0.25, 0.3) is 0 Å². The van der Waals surface area contributed by atoms with Crippen LogP contribution in [-0.4, -0.2) is 42.1 Å². The molecule has 0 atom stereocenters. The topological polar surface area (TPSA) is 65.4 Å². The second-order valence-corrected chi connectivity index (χ2v) is 8.57. The molecule has 6 nitrogen and oxygen atoms in total. The predicted molar refractivity (Wildman–Crippen MR) is 123 cm³/mol. The molecule has 29 heavy (non-hydrogen) atoms. The number of pyridine rings is 1. The molecule has 2 aromatic heterocycles. The van der Waals surface area contributed by atoms with E-state index in [1.165, 1.54) is 41.1 Å². The van der Waals surface area contributed by atoms with Gasteiger partial charge in [0.1, 0.15) is 5.82 Å². The highest BCUT2D eigenvalue weighted by Gasteiger charge is 2.11. The zero-order valence-electron chi connectivity index (χ0n) is 17.8. The van der Waals surface area contributed by atoms with E-state index >= 15 is 0 Å². The summed E-state index contributed by atoms with van der Waals surface area (Å²) in [7, 11) is 0. The first kappa shape index (κ1) is 21.6. The molecular weight excluding hydrogens is 380 g/mol. The Morgan fingerprint density at radius 1 is 1.14 bits per heavy atom. The fourth-order valence-electron chi connectivity index (χ4n) is 3.46. The van der Waals surface area contributed by atoms with Gasteiger partial charge in [0.2, 0.25) is 0 Å². The average Bonchev–Trinajstić information content (AvgIpc) is 3.03. The number of guanidine groups is 1. The quantitative estimate of drug-likeness (QED) is 0.508. The minimum Gasteiger partial charge on any atom is -0.357 e. The van der Waals surface area contributed by atoms with E-state index in [0.29, 0.717) is 6.54 Å². The Morgan fingerprint density at radius 2 is 1.97 bits per heavy atom. The second-order valence-electron chi connectivity index (χ2n) is 7.37. The lowest BCUT2D eigenvalue weighted by atomic mass is 10.2. The van der Waals surface area contributed by atoms with E-state index in [2.05, 4.69) is 51.5 Å². The van der Waals surface area contributed by atoms with Crippen molar-refractivity contribution in [3.8, 4) is 0 Å². The zero-order valence-corrected chi connectivity index (χ0v) is 18.6. The number of anilines is 1. The molecule has 0 amide bonds. The first-order valence-electron chi connectivity index (χ1n) is 10.9. The smallest absolute Gasteiger partial charge is 0.191 e. The van der Waals surface area contributed by atoms with Crippen LogP contribution in [0, 0.1) is 0 Å². The monoisotopic (exact) mass is 414 g/mol. The molecule has 7 heteroatoms. The average molecular weight is 415 g/mol. The minimum absolute atomic E-state index is 0.649. The van der Waals surface area contributed by atoms with Crippen molar-refractivity contribution in [1.29, 1.82) is 0 Å². The maximum Gasteiger partial charge on any atom is 0.191 e. The van der Waals surface area contributed by atoms with Gasteiger partial charge in [0.15, 0.2) is 5.96 Å². The maximum atomic E-state index is 4.77. The van der Waals surface area contributed by atoms with Crippen molar-refractivity contribution < 1.29 is 0 Å². The summed E-state index contributed by atoms with van der Waals surface area (Å²) in [5.41, 5.74) is 1.20. The molecule has 1 aliphatic heterocycles. The molecule has 3 rings (SSSR count). The fourth-order valence-corrected chi connectivity index (χ4v) is 4.32. The lowest BCUT2D eigenvalue weighted by Gasteiger charge is -2.21. The number of hydrogen-bond acceptors (Lipinski definition) is 5. The van der Waals surface area contributed by atoms with E-state index < -0.39 is 0 Å². The molecule has 3 heterocycles. The van der Waals surface area contributed by atoms with Crippen LogP contribution in [0.5, 0.6) is 0 Å². The number of rotatable bonds is 8. The molecule has 1 aliphatic rings. The van der Waals surface area contributed by atoms with Crippen molar-refractivity contribution in [2.45, 2.75) is 58.9 Å². The third kappa shape index (κ3) is 6.99. The van der Waals surface area contributed by atoms with Crippen molar-refractivity contribution in [3.63, 3.8) is 0 Å². The highest BCUT2D eigenvalue weighted by molar-refractivity contribution is 7.11. The van der Waals surface area contributed by atoms with E-state index in [1.54, 1.807) is 11.3 Å². The van der Waals surface area contributed by atoms with Gasteiger partial charge in [-0.1, -0.05) is 19.8 Å². The number of aryl methyl sites for hydroxylation is 1. The maximum absolute atomic E-state index is 4.77. The van der Waals surface area contributed by atoms with Crippen molar-refractivity contribution in [3.05, 3.63) is 40.0 Å². The number of aliphatic imine (C=N–C) groups is 1. The van der Waals surface area contributed by atoms with Gasteiger partial charge in [-0.15, -0.1) is 11.3 Å². The Morgan fingerprint density at radius 3 is 2.69 bits per heavy atom. The Balaban J connectivity index is 1.55. The number of nitrogens with zero attached hydrogens (tertiary/aromatic N) is 4. The molecule has 0 unspecified atom stereocenters. The molecule has 2 aromatic rings. The van der Waals surface area contributed by atoms with Crippen molar-refractivity contribution in [2.24, 2.45) is 4.99 Å². The van der Waals surface area contributed by atoms with E-state index in [1.807, 2.05) is 12.4 Å². The van der Waals surface area contributed by atoms with Gasteiger partial charge in [-0.3, -0.25) is 0 Å². The second kappa shape index (κ2) is 11.8. The molecule has 158 valence electrons. The van der Waals surface area contributed by atoms with E-state index in [0.717, 1.165) is 50.8 Å². The van der Waals surface area contributed by atoms with E-state index in [4.69, 9.17) is 4.99 Å². The molecule has 0 spiro atoms. The van der Waals surface area contributed by atoms with Crippen LogP contribution in [0.2, 0.25) is 0 Å². The van der Waals surface area contributed by atoms with Crippen LogP contribution >= 0.6 is 11.3 Å². The highest BCUT2D eigenvalue weighted by Crippen LogP contribution is 2.18. The first-order chi connectivity index (χ1) is 14.3. The van der Waals surface area contributed by atoms with Crippen LogP contribution in [-0.2, 0) is 19.4 Å². The summed E-state index contributed by atoms with van der Waals surface area (Å²) in [6.45, 7) is 8.81. The van der Waals surface area contributed by atoms with Gasteiger partial charge < -0.3 is 15.5 Å². The molecule has 0 aliphatic carbocycles. The van der Waals surface area contributed by atoms with Gasteiger partial charge in [0.05, 0.1) is 11.6 Å². The largest absolute Gasteiger partial charge is 0.357 e. The van der Waals surface area contributed by atoms with Crippen LogP contribution in [0.25, 0.3) is 0 Å². The molecule has 0 radical (unpaired) electrons.